The van der Waals surface area contributed by atoms with E-state index in [4.69, 9.17) is 15.2 Å². The number of methoxy groups -OCH3 is 1. The van der Waals surface area contributed by atoms with E-state index in [2.05, 4.69) is 17.2 Å². The summed E-state index contributed by atoms with van der Waals surface area (Å²) in [6, 6.07) is 20.8. The van der Waals surface area contributed by atoms with Gasteiger partial charge < -0.3 is 20.5 Å². The third-order valence-corrected chi connectivity index (χ3v) is 5.74. The monoisotopic (exact) mass is 515 g/mol. The molecule has 0 fully saturated rings. The first kappa shape index (κ1) is 30.0. The van der Waals surface area contributed by atoms with Gasteiger partial charge in [-0.1, -0.05) is 50.6 Å². The molecule has 0 aliphatic heterocycles. The van der Waals surface area contributed by atoms with Crippen molar-refractivity contribution in [2.24, 2.45) is 5.73 Å². The second kappa shape index (κ2) is 15.8. The minimum atomic E-state index is -0.343. The van der Waals surface area contributed by atoms with Crippen LogP contribution >= 0.6 is 0 Å². The molecule has 4 aromatic rings. The van der Waals surface area contributed by atoms with Crippen LogP contribution in [0.15, 0.2) is 79.1 Å². The maximum Gasteiger partial charge on any atom is 0.338 e. The van der Waals surface area contributed by atoms with Crippen molar-refractivity contribution in [2.45, 2.75) is 40.2 Å². The van der Waals surface area contributed by atoms with Crippen LogP contribution in [0.4, 0.5) is 5.69 Å². The number of ether oxygens (including phenoxy) is 2. The first-order chi connectivity index (χ1) is 18.4. The third kappa shape index (κ3) is 8.71. The fourth-order valence-electron chi connectivity index (χ4n) is 3.51. The highest BCUT2D eigenvalue weighted by molar-refractivity contribution is 5.89. The normalized spacial score (nSPS) is 10.7. The molecule has 7 nitrogen and oxygen atoms in total. The van der Waals surface area contributed by atoms with Gasteiger partial charge in [0.2, 0.25) is 6.41 Å². The minimum absolute atomic E-state index is 0.168. The first-order valence-corrected chi connectivity index (χ1v) is 12.6. The summed E-state index contributed by atoms with van der Waals surface area (Å²) in [7, 11) is 1.60. The molecule has 4 rings (SSSR count). The number of hydrogen-bond donors (Lipinski definition) is 2. The standard InChI is InChI=1S/C19H23NO3.C10H8N2O.C2H6/c1-13-4-6-15(7-5-13)19(21)23-12-17-10-16(14(2)11-20)8-9-18(17)22-3;13-7-12-10-2-1-9-6-11-4-3-8(9)5-10;1-2/h4-10,14H,11-12,20H2,1-3H3;1-7H,(H,12,13);1-2H3. The quantitative estimate of drug-likeness (QED) is 0.212. The number of amides is 1. The van der Waals surface area contributed by atoms with E-state index in [0.717, 1.165) is 33.2 Å². The molecule has 1 aromatic heterocycles. The molecule has 7 heteroatoms. The van der Waals surface area contributed by atoms with E-state index in [1.165, 1.54) is 0 Å². The Morgan fingerprint density at radius 3 is 2.42 bits per heavy atom. The molecule has 0 saturated heterocycles. The number of pyridine rings is 1. The van der Waals surface area contributed by atoms with Crippen LogP contribution in [-0.4, -0.2) is 31.0 Å². The lowest BCUT2D eigenvalue weighted by Crippen LogP contribution is -2.10. The third-order valence-electron chi connectivity index (χ3n) is 5.74. The number of fused-ring (bicyclic) bond motifs is 1. The number of esters is 1. The lowest BCUT2D eigenvalue weighted by molar-refractivity contribution is -0.105. The summed E-state index contributed by atoms with van der Waals surface area (Å²) in [5, 5.41) is 4.74. The molecule has 3 aromatic carbocycles. The number of hydrogen-bond acceptors (Lipinski definition) is 6. The van der Waals surface area contributed by atoms with E-state index in [1.54, 1.807) is 31.6 Å². The predicted octanol–water partition coefficient (Wildman–Crippen LogP) is 6.25. The first-order valence-electron chi connectivity index (χ1n) is 12.6. The van der Waals surface area contributed by atoms with E-state index in [-0.39, 0.29) is 18.5 Å². The van der Waals surface area contributed by atoms with Gasteiger partial charge in [0, 0.05) is 29.0 Å². The van der Waals surface area contributed by atoms with Gasteiger partial charge in [0.1, 0.15) is 12.4 Å². The molecule has 1 unspecified atom stereocenters. The molecule has 1 amide bonds. The molecule has 0 spiro atoms. The zero-order valence-electron chi connectivity index (χ0n) is 22.7. The molecule has 38 heavy (non-hydrogen) atoms. The van der Waals surface area contributed by atoms with Crippen LogP contribution in [0.3, 0.4) is 0 Å². The Balaban J connectivity index is 0.000000284. The van der Waals surface area contributed by atoms with Crippen molar-refractivity contribution in [1.29, 1.82) is 0 Å². The Kier molecular flexibility index (Phi) is 12.5. The molecule has 0 radical (unpaired) electrons. The minimum Gasteiger partial charge on any atom is -0.496 e. The smallest absolute Gasteiger partial charge is 0.338 e. The van der Waals surface area contributed by atoms with Crippen molar-refractivity contribution < 1.29 is 19.1 Å². The van der Waals surface area contributed by atoms with Gasteiger partial charge in [-0.2, -0.15) is 0 Å². The number of nitrogens with zero attached hydrogens (tertiary/aromatic N) is 1. The van der Waals surface area contributed by atoms with Gasteiger partial charge in [0.15, 0.2) is 0 Å². The second-order valence-electron chi connectivity index (χ2n) is 8.35. The average Bonchev–Trinajstić information content (AvgIpc) is 2.97. The summed E-state index contributed by atoms with van der Waals surface area (Å²) in [6.07, 6.45) is 4.19. The van der Waals surface area contributed by atoms with Crippen molar-refractivity contribution in [3.05, 3.63) is 101 Å². The van der Waals surface area contributed by atoms with Crippen LogP contribution in [0.25, 0.3) is 10.8 Å². The Morgan fingerprint density at radius 1 is 1.03 bits per heavy atom. The Labute approximate surface area is 225 Å². The van der Waals surface area contributed by atoms with Crippen LogP contribution in [0.5, 0.6) is 5.75 Å². The number of carbonyl (C=O) groups is 2. The van der Waals surface area contributed by atoms with E-state index in [0.29, 0.717) is 24.3 Å². The largest absolute Gasteiger partial charge is 0.496 e. The molecule has 0 saturated carbocycles. The number of nitrogens with two attached hydrogens (primary N) is 1. The molecule has 0 aliphatic carbocycles. The van der Waals surface area contributed by atoms with E-state index >= 15 is 0 Å². The lowest BCUT2D eigenvalue weighted by Gasteiger charge is -2.14. The number of aromatic nitrogens is 1. The van der Waals surface area contributed by atoms with Gasteiger partial charge in [-0.15, -0.1) is 0 Å². The van der Waals surface area contributed by atoms with Gasteiger partial charge in [-0.3, -0.25) is 9.78 Å². The number of nitrogens with one attached hydrogen (secondary N) is 1. The SMILES string of the molecule is CC.COc1ccc(C(C)CN)cc1COC(=O)c1ccc(C)cc1.O=CNc1ccc2cnccc2c1. The highest BCUT2D eigenvalue weighted by Crippen LogP contribution is 2.25. The number of anilines is 1. The van der Waals surface area contributed by atoms with Gasteiger partial charge in [0.25, 0.3) is 0 Å². The molecule has 1 heterocycles. The number of carbonyl (C=O) groups excluding carboxylic acids is 2. The highest BCUT2D eigenvalue weighted by atomic mass is 16.5. The zero-order chi connectivity index (χ0) is 27.9. The van der Waals surface area contributed by atoms with Crippen LogP contribution in [-0.2, 0) is 16.1 Å². The fraction of sp³-hybridized carbons (Fsp3) is 0.258. The molecule has 0 bridgehead atoms. The van der Waals surface area contributed by atoms with E-state index < -0.39 is 0 Å². The lowest BCUT2D eigenvalue weighted by atomic mass is 9.99. The summed E-state index contributed by atoms with van der Waals surface area (Å²) in [6.45, 7) is 8.77. The van der Waals surface area contributed by atoms with Crippen LogP contribution in [0.1, 0.15) is 53.7 Å². The Bertz CT molecular complexity index is 1310. The second-order valence-corrected chi connectivity index (χ2v) is 8.35. The van der Waals surface area contributed by atoms with Crippen LogP contribution in [0.2, 0.25) is 0 Å². The van der Waals surface area contributed by atoms with Crippen LogP contribution < -0.4 is 15.8 Å². The molecular formula is C31H37N3O4. The molecule has 3 N–H and O–H groups in total. The van der Waals surface area contributed by atoms with Crippen LogP contribution in [0, 0.1) is 6.92 Å². The summed E-state index contributed by atoms with van der Waals surface area (Å²) in [5.74, 6) is 0.603. The summed E-state index contributed by atoms with van der Waals surface area (Å²) < 4.78 is 10.8. The zero-order valence-corrected chi connectivity index (χ0v) is 22.7. The van der Waals surface area contributed by atoms with Crippen molar-refractivity contribution in [1.82, 2.24) is 4.98 Å². The Morgan fingerprint density at radius 2 is 1.76 bits per heavy atom. The topological polar surface area (TPSA) is 104 Å². The molecule has 0 aliphatic rings. The van der Waals surface area contributed by atoms with Gasteiger partial charge >= 0.3 is 5.97 Å². The summed E-state index contributed by atoms with van der Waals surface area (Å²) in [5.41, 5.74) is 10.1. The van der Waals surface area contributed by atoms with E-state index in [9.17, 15) is 9.59 Å². The summed E-state index contributed by atoms with van der Waals surface area (Å²) >= 11 is 0. The van der Waals surface area contributed by atoms with Gasteiger partial charge in [-0.05, 0) is 72.8 Å². The number of aryl methyl sites for hydroxylation is 1. The van der Waals surface area contributed by atoms with Crippen molar-refractivity contribution in [3.8, 4) is 5.75 Å². The van der Waals surface area contributed by atoms with Crippen molar-refractivity contribution in [3.63, 3.8) is 0 Å². The molecule has 200 valence electrons. The highest BCUT2D eigenvalue weighted by Gasteiger charge is 2.12. The van der Waals surface area contributed by atoms with E-state index in [1.807, 2.05) is 75.4 Å². The molecule has 1 atom stereocenters. The predicted molar refractivity (Wildman–Crippen MR) is 154 cm³/mol. The Hall–Kier alpha value is -4.23. The molecular weight excluding hydrogens is 478 g/mol. The fourth-order valence-corrected chi connectivity index (χ4v) is 3.51. The summed E-state index contributed by atoms with van der Waals surface area (Å²) in [4.78, 5) is 26.3. The average molecular weight is 516 g/mol. The number of benzene rings is 3. The number of rotatable bonds is 8. The van der Waals surface area contributed by atoms with Gasteiger partial charge in [0.05, 0.1) is 12.7 Å². The maximum atomic E-state index is 12.1. The van der Waals surface area contributed by atoms with Gasteiger partial charge in [-0.25, -0.2) is 4.79 Å². The van der Waals surface area contributed by atoms with Crippen molar-refractivity contribution in [2.75, 3.05) is 19.0 Å². The maximum absolute atomic E-state index is 12.1. The van der Waals surface area contributed by atoms with Crippen molar-refractivity contribution >= 4 is 28.8 Å².